The van der Waals surface area contributed by atoms with Gasteiger partial charge < -0.3 is 10.1 Å². The number of aromatic nitrogens is 2. The topological polar surface area (TPSA) is 81.2 Å². The Bertz CT molecular complexity index is 466. The zero-order chi connectivity index (χ0) is 15.3. The maximum Gasteiger partial charge on any atom is 0.329 e. The SMILES string of the molecule is CC(C)[C@@H](NC(=O)c1cnccn1)C(=O)OC(C)(C)C. The van der Waals surface area contributed by atoms with E-state index in [4.69, 9.17) is 4.74 Å². The highest BCUT2D eigenvalue weighted by Crippen LogP contribution is 2.12. The van der Waals surface area contributed by atoms with Gasteiger partial charge in [-0.05, 0) is 26.7 Å². The van der Waals surface area contributed by atoms with E-state index in [9.17, 15) is 9.59 Å². The second kappa shape index (κ2) is 6.45. The molecule has 20 heavy (non-hydrogen) atoms. The maximum atomic E-state index is 12.1. The number of ether oxygens (including phenoxy) is 1. The van der Waals surface area contributed by atoms with Crippen LogP contribution in [0.4, 0.5) is 0 Å². The fourth-order valence-corrected chi connectivity index (χ4v) is 1.49. The molecule has 0 aliphatic carbocycles. The van der Waals surface area contributed by atoms with Crippen molar-refractivity contribution in [3.8, 4) is 0 Å². The summed E-state index contributed by atoms with van der Waals surface area (Å²) < 4.78 is 5.31. The predicted molar refractivity (Wildman–Crippen MR) is 74.0 cm³/mol. The lowest BCUT2D eigenvalue weighted by Gasteiger charge is -2.26. The van der Waals surface area contributed by atoms with Crippen LogP contribution >= 0.6 is 0 Å². The van der Waals surface area contributed by atoms with E-state index >= 15 is 0 Å². The minimum absolute atomic E-state index is 0.0922. The van der Waals surface area contributed by atoms with Gasteiger partial charge in [-0.1, -0.05) is 13.8 Å². The Hall–Kier alpha value is -1.98. The van der Waals surface area contributed by atoms with Crippen LogP contribution < -0.4 is 5.32 Å². The zero-order valence-corrected chi connectivity index (χ0v) is 12.5. The molecule has 0 saturated heterocycles. The Balaban J connectivity index is 2.78. The van der Waals surface area contributed by atoms with Gasteiger partial charge in [-0.2, -0.15) is 0 Å². The first kappa shape index (κ1) is 16.1. The number of nitrogens with zero attached hydrogens (tertiary/aromatic N) is 2. The number of nitrogens with one attached hydrogen (secondary N) is 1. The van der Waals surface area contributed by atoms with Crippen LogP contribution in [0.1, 0.15) is 45.1 Å². The van der Waals surface area contributed by atoms with Crippen molar-refractivity contribution in [2.24, 2.45) is 5.92 Å². The Kier molecular flexibility index (Phi) is 5.19. The minimum Gasteiger partial charge on any atom is -0.458 e. The molecule has 0 aliphatic rings. The lowest BCUT2D eigenvalue weighted by molar-refractivity contribution is -0.158. The summed E-state index contributed by atoms with van der Waals surface area (Å²) in [6, 6.07) is -0.719. The number of carbonyl (C=O) groups is 2. The maximum absolute atomic E-state index is 12.1. The summed E-state index contributed by atoms with van der Waals surface area (Å²) in [7, 11) is 0. The molecule has 0 unspecified atom stereocenters. The van der Waals surface area contributed by atoms with Crippen LogP contribution in [0, 0.1) is 5.92 Å². The van der Waals surface area contributed by atoms with E-state index in [1.54, 1.807) is 20.8 Å². The van der Waals surface area contributed by atoms with Crippen molar-refractivity contribution < 1.29 is 14.3 Å². The molecule has 0 radical (unpaired) electrons. The summed E-state index contributed by atoms with van der Waals surface area (Å²) >= 11 is 0. The third kappa shape index (κ3) is 4.95. The van der Waals surface area contributed by atoms with Gasteiger partial charge in [-0.3, -0.25) is 9.78 Å². The van der Waals surface area contributed by atoms with Gasteiger partial charge in [-0.25, -0.2) is 9.78 Å². The van der Waals surface area contributed by atoms with E-state index in [2.05, 4.69) is 15.3 Å². The quantitative estimate of drug-likeness (QED) is 0.846. The molecule has 0 saturated carbocycles. The van der Waals surface area contributed by atoms with Crippen LogP contribution in [0.25, 0.3) is 0 Å². The van der Waals surface area contributed by atoms with Gasteiger partial charge in [0.1, 0.15) is 17.3 Å². The predicted octanol–water partition coefficient (Wildman–Crippen LogP) is 1.57. The smallest absolute Gasteiger partial charge is 0.329 e. The number of amides is 1. The molecular weight excluding hydrogens is 258 g/mol. The van der Waals surface area contributed by atoms with Gasteiger partial charge in [0, 0.05) is 12.4 Å². The van der Waals surface area contributed by atoms with Gasteiger partial charge in [0.05, 0.1) is 6.20 Å². The molecule has 1 rings (SSSR count). The molecule has 6 nitrogen and oxygen atoms in total. The first-order valence-corrected chi connectivity index (χ1v) is 6.50. The summed E-state index contributed by atoms with van der Waals surface area (Å²) in [6.07, 6.45) is 4.25. The fourth-order valence-electron chi connectivity index (χ4n) is 1.49. The van der Waals surface area contributed by atoms with Crippen molar-refractivity contribution in [2.45, 2.75) is 46.3 Å². The Morgan fingerprint density at radius 3 is 2.35 bits per heavy atom. The molecule has 1 heterocycles. The minimum atomic E-state index is -0.719. The summed E-state index contributed by atoms with van der Waals surface area (Å²) in [5.41, 5.74) is -0.427. The van der Waals surface area contributed by atoms with E-state index in [1.165, 1.54) is 18.6 Å². The normalized spacial score (nSPS) is 12.9. The summed E-state index contributed by atoms with van der Waals surface area (Å²) in [5.74, 6) is -0.988. The molecule has 1 aromatic rings. The third-order valence-electron chi connectivity index (χ3n) is 2.41. The zero-order valence-electron chi connectivity index (χ0n) is 12.5. The highest BCUT2D eigenvalue weighted by molar-refractivity contribution is 5.95. The Labute approximate surface area is 119 Å². The first-order valence-electron chi connectivity index (χ1n) is 6.50. The molecule has 0 bridgehead atoms. The van der Waals surface area contributed by atoms with Crippen molar-refractivity contribution in [3.05, 3.63) is 24.3 Å². The molecule has 0 fully saturated rings. The highest BCUT2D eigenvalue weighted by Gasteiger charge is 2.29. The van der Waals surface area contributed by atoms with Crippen molar-refractivity contribution in [2.75, 3.05) is 0 Å². The molecule has 1 atom stereocenters. The molecule has 110 valence electrons. The van der Waals surface area contributed by atoms with Crippen LogP contribution in [0.2, 0.25) is 0 Å². The van der Waals surface area contributed by atoms with Crippen LogP contribution in [0.5, 0.6) is 0 Å². The van der Waals surface area contributed by atoms with Crippen molar-refractivity contribution >= 4 is 11.9 Å². The second-order valence-corrected chi connectivity index (χ2v) is 5.82. The molecule has 6 heteroatoms. The fraction of sp³-hybridized carbons (Fsp3) is 0.571. The van der Waals surface area contributed by atoms with Crippen molar-refractivity contribution in [3.63, 3.8) is 0 Å². The largest absolute Gasteiger partial charge is 0.458 e. The average Bonchev–Trinajstić information content (AvgIpc) is 2.34. The van der Waals surface area contributed by atoms with E-state index in [0.717, 1.165) is 0 Å². The Morgan fingerprint density at radius 2 is 1.90 bits per heavy atom. The molecule has 0 aliphatic heterocycles. The van der Waals surface area contributed by atoms with Gasteiger partial charge in [0.15, 0.2) is 0 Å². The first-order chi connectivity index (χ1) is 9.20. The summed E-state index contributed by atoms with van der Waals surface area (Å²) in [5, 5.41) is 2.64. The number of hydrogen-bond donors (Lipinski definition) is 1. The van der Waals surface area contributed by atoms with Gasteiger partial charge in [-0.15, -0.1) is 0 Å². The molecule has 1 N–H and O–H groups in total. The Morgan fingerprint density at radius 1 is 1.25 bits per heavy atom. The van der Waals surface area contributed by atoms with Gasteiger partial charge in [0.2, 0.25) is 0 Å². The monoisotopic (exact) mass is 279 g/mol. The van der Waals surface area contributed by atoms with E-state index in [0.29, 0.717) is 0 Å². The molecule has 0 spiro atoms. The van der Waals surface area contributed by atoms with Crippen LogP contribution in [0.3, 0.4) is 0 Å². The number of esters is 1. The molecular formula is C14H21N3O3. The van der Waals surface area contributed by atoms with Gasteiger partial charge >= 0.3 is 5.97 Å². The van der Waals surface area contributed by atoms with Crippen LogP contribution in [-0.4, -0.2) is 33.5 Å². The third-order valence-corrected chi connectivity index (χ3v) is 2.41. The number of rotatable bonds is 4. The lowest BCUT2D eigenvalue weighted by atomic mass is 10.0. The van der Waals surface area contributed by atoms with E-state index < -0.39 is 23.5 Å². The van der Waals surface area contributed by atoms with Crippen molar-refractivity contribution in [1.29, 1.82) is 0 Å². The molecule has 0 aromatic carbocycles. The lowest BCUT2D eigenvalue weighted by Crippen LogP contribution is -2.47. The number of hydrogen-bond acceptors (Lipinski definition) is 5. The second-order valence-electron chi connectivity index (χ2n) is 5.82. The number of carbonyl (C=O) groups excluding carboxylic acids is 2. The van der Waals surface area contributed by atoms with Crippen molar-refractivity contribution in [1.82, 2.24) is 15.3 Å². The van der Waals surface area contributed by atoms with Gasteiger partial charge in [0.25, 0.3) is 5.91 Å². The van der Waals surface area contributed by atoms with Crippen LogP contribution in [0.15, 0.2) is 18.6 Å². The van der Waals surface area contributed by atoms with E-state index in [1.807, 2.05) is 13.8 Å². The molecule has 1 aromatic heterocycles. The highest BCUT2D eigenvalue weighted by atomic mass is 16.6. The summed E-state index contributed by atoms with van der Waals surface area (Å²) in [6.45, 7) is 9.03. The summed E-state index contributed by atoms with van der Waals surface area (Å²) in [4.78, 5) is 31.8. The average molecular weight is 279 g/mol. The van der Waals surface area contributed by atoms with Crippen LogP contribution in [-0.2, 0) is 9.53 Å². The standard InChI is InChI=1S/C14H21N3O3/c1-9(2)11(13(19)20-14(3,4)5)17-12(18)10-8-15-6-7-16-10/h6-9,11H,1-5H3,(H,17,18)/t11-/m1/s1. The molecule has 1 amide bonds. The van der Waals surface area contributed by atoms with E-state index in [-0.39, 0.29) is 11.6 Å².